The average molecular weight is 491 g/mol. The number of halogens is 1. The predicted octanol–water partition coefficient (Wildman–Crippen LogP) is 3.21. The molecule has 0 spiro atoms. The Kier molecular flexibility index (Phi) is 7.56. The number of benzene rings is 1. The van der Waals surface area contributed by atoms with Crippen molar-refractivity contribution in [2.75, 3.05) is 43.4 Å². The van der Waals surface area contributed by atoms with Crippen LogP contribution in [0.25, 0.3) is 0 Å². The molecule has 1 aromatic heterocycles. The molecular formula is C24H31ClN4O3S. The smallest absolute Gasteiger partial charge is 0.230 e. The van der Waals surface area contributed by atoms with Gasteiger partial charge >= 0.3 is 0 Å². The monoisotopic (exact) mass is 490 g/mol. The Hall–Kier alpha value is -2.16. The van der Waals surface area contributed by atoms with Gasteiger partial charge in [-0.25, -0.2) is 13.4 Å². The Morgan fingerprint density at radius 1 is 1.03 bits per heavy atom. The number of hydrogen-bond acceptors (Lipinski definition) is 5. The third-order valence-corrected chi connectivity index (χ3v) is 8.97. The summed E-state index contributed by atoms with van der Waals surface area (Å²) >= 11 is 6.02. The van der Waals surface area contributed by atoms with Gasteiger partial charge in [0.05, 0.1) is 11.2 Å². The second-order valence-electron chi connectivity index (χ2n) is 8.80. The molecule has 1 aliphatic carbocycles. The highest BCUT2D eigenvalue weighted by molar-refractivity contribution is 7.89. The maximum Gasteiger partial charge on any atom is 0.230 e. The van der Waals surface area contributed by atoms with Crippen LogP contribution in [-0.4, -0.2) is 62.1 Å². The fourth-order valence-corrected chi connectivity index (χ4v) is 6.50. The molecular weight excluding hydrogens is 460 g/mol. The van der Waals surface area contributed by atoms with Crippen molar-refractivity contribution >= 4 is 33.3 Å². The van der Waals surface area contributed by atoms with Crippen molar-refractivity contribution in [2.24, 2.45) is 0 Å². The van der Waals surface area contributed by atoms with Crippen LogP contribution in [0.1, 0.15) is 37.7 Å². The number of aromatic nitrogens is 1. The summed E-state index contributed by atoms with van der Waals surface area (Å²) < 4.78 is 27.2. The Morgan fingerprint density at radius 3 is 2.36 bits per heavy atom. The summed E-state index contributed by atoms with van der Waals surface area (Å²) in [4.78, 5) is 19.6. The molecule has 0 bridgehead atoms. The number of carbonyl (C=O) groups excluding carboxylic acids is 1. The van der Waals surface area contributed by atoms with E-state index in [1.165, 1.54) is 0 Å². The molecule has 178 valence electrons. The molecule has 1 N–H and O–H groups in total. The van der Waals surface area contributed by atoms with E-state index in [1.54, 1.807) is 10.5 Å². The van der Waals surface area contributed by atoms with Crippen LogP contribution in [0, 0.1) is 0 Å². The number of carbonyl (C=O) groups is 1. The van der Waals surface area contributed by atoms with Crippen LogP contribution in [0.2, 0.25) is 5.02 Å². The number of hydrogen-bond donors (Lipinski definition) is 1. The first kappa shape index (κ1) is 24.0. The fourth-order valence-electron chi connectivity index (χ4n) is 4.89. The third-order valence-electron chi connectivity index (χ3n) is 6.76. The van der Waals surface area contributed by atoms with Gasteiger partial charge in [0.1, 0.15) is 5.82 Å². The number of nitrogens with zero attached hydrogens (tertiary/aromatic N) is 3. The molecule has 0 unspecified atom stereocenters. The first-order valence-corrected chi connectivity index (χ1v) is 13.6. The molecule has 7 nitrogen and oxygen atoms in total. The zero-order valence-electron chi connectivity index (χ0n) is 18.7. The quantitative estimate of drug-likeness (QED) is 0.574. The van der Waals surface area contributed by atoms with Crippen molar-refractivity contribution in [3.05, 3.63) is 59.2 Å². The molecule has 2 aromatic rings. The second-order valence-corrected chi connectivity index (χ2v) is 11.3. The minimum atomic E-state index is -3.36. The standard InChI is InChI=1S/C24H31ClN4O3S/c25-21-9-7-20(8-10-21)24(11-2-3-12-24)23(30)27-14-5-19-33(31,32)29-17-15-28(16-18-29)22-6-1-4-13-26-22/h1,4,6-10,13H,2-3,5,11-12,14-19H2,(H,27,30). The number of pyridine rings is 1. The van der Waals surface area contributed by atoms with Crippen molar-refractivity contribution in [1.29, 1.82) is 0 Å². The fraction of sp³-hybridized carbons (Fsp3) is 0.500. The highest BCUT2D eigenvalue weighted by Crippen LogP contribution is 2.41. The summed E-state index contributed by atoms with van der Waals surface area (Å²) in [7, 11) is -3.36. The minimum absolute atomic E-state index is 0.0105. The van der Waals surface area contributed by atoms with Gasteiger partial charge < -0.3 is 10.2 Å². The third kappa shape index (κ3) is 5.50. The lowest BCUT2D eigenvalue weighted by Gasteiger charge is -2.34. The van der Waals surface area contributed by atoms with Gasteiger partial charge in [-0.1, -0.05) is 42.6 Å². The molecule has 2 aliphatic rings. The van der Waals surface area contributed by atoms with Crippen molar-refractivity contribution in [3.63, 3.8) is 0 Å². The van der Waals surface area contributed by atoms with Gasteiger partial charge in [-0.2, -0.15) is 4.31 Å². The highest BCUT2D eigenvalue weighted by Gasteiger charge is 2.42. The Labute approximate surface area is 201 Å². The Bertz CT molecular complexity index is 1030. The molecule has 0 atom stereocenters. The van der Waals surface area contributed by atoms with E-state index in [4.69, 9.17) is 11.6 Å². The van der Waals surface area contributed by atoms with E-state index in [9.17, 15) is 13.2 Å². The summed E-state index contributed by atoms with van der Waals surface area (Å²) in [5, 5.41) is 3.66. The number of sulfonamides is 1. The predicted molar refractivity (Wildman–Crippen MR) is 131 cm³/mol. The van der Waals surface area contributed by atoms with Crippen molar-refractivity contribution < 1.29 is 13.2 Å². The zero-order valence-corrected chi connectivity index (χ0v) is 20.3. The van der Waals surface area contributed by atoms with Gasteiger partial charge in [-0.15, -0.1) is 0 Å². The maximum atomic E-state index is 13.1. The summed E-state index contributed by atoms with van der Waals surface area (Å²) in [5.41, 5.74) is 0.450. The van der Waals surface area contributed by atoms with E-state index in [1.807, 2.05) is 42.5 Å². The van der Waals surface area contributed by atoms with Gasteiger partial charge in [0, 0.05) is 43.9 Å². The lowest BCUT2D eigenvalue weighted by molar-refractivity contribution is -0.126. The summed E-state index contributed by atoms with van der Waals surface area (Å²) in [6, 6.07) is 13.3. The number of nitrogens with one attached hydrogen (secondary N) is 1. The van der Waals surface area contributed by atoms with E-state index in [2.05, 4.69) is 15.2 Å². The summed E-state index contributed by atoms with van der Waals surface area (Å²) in [6.07, 6.45) is 5.77. The summed E-state index contributed by atoms with van der Waals surface area (Å²) in [6.45, 7) is 2.49. The van der Waals surface area contributed by atoms with Crippen LogP contribution in [0.15, 0.2) is 48.7 Å². The van der Waals surface area contributed by atoms with E-state index in [-0.39, 0.29) is 11.7 Å². The molecule has 1 aromatic carbocycles. The lowest BCUT2D eigenvalue weighted by Crippen LogP contribution is -2.49. The first-order valence-electron chi connectivity index (χ1n) is 11.6. The maximum absolute atomic E-state index is 13.1. The van der Waals surface area contributed by atoms with Gasteiger partial charge in [0.15, 0.2) is 0 Å². The molecule has 1 aliphatic heterocycles. The largest absolute Gasteiger partial charge is 0.355 e. The van der Waals surface area contributed by atoms with Gasteiger partial charge in [-0.3, -0.25) is 4.79 Å². The molecule has 4 rings (SSSR count). The van der Waals surface area contributed by atoms with E-state index in [0.29, 0.717) is 44.2 Å². The molecule has 2 fully saturated rings. The molecule has 9 heteroatoms. The van der Waals surface area contributed by atoms with Gasteiger partial charge in [0.2, 0.25) is 15.9 Å². The molecule has 1 saturated heterocycles. The summed E-state index contributed by atoms with van der Waals surface area (Å²) in [5.74, 6) is 0.896. The first-order chi connectivity index (χ1) is 15.9. The average Bonchev–Trinajstić information content (AvgIpc) is 3.34. The highest BCUT2D eigenvalue weighted by atomic mass is 35.5. The van der Waals surface area contributed by atoms with Crippen LogP contribution in [0.3, 0.4) is 0 Å². The van der Waals surface area contributed by atoms with Crippen molar-refractivity contribution in [3.8, 4) is 0 Å². The SMILES string of the molecule is O=C(NCCCS(=O)(=O)N1CCN(c2ccccn2)CC1)C1(c2ccc(Cl)cc2)CCCC1. The number of rotatable bonds is 8. The lowest BCUT2D eigenvalue weighted by atomic mass is 9.78. The number of piperazine rings is 1. The van der Waals surface area contributed by atoms with E-state index >= 15 is 0 Å². The second kappa shape index (κ2) is 10.4. The van der Waals surface area contributed by atoms with Crippen LogP contribution in [0.5, 0.6) is 0 Å². The van der Waals surface area contributed by atoms with Gasteiger partial charge in [-0.05, 0) is 49.1 Å². The van der Waals surface area contributed by atoms with Crippen molar-refractivity contribution in [1.82, 2.24) is 14.6 Å². The normalized spacial score (nSPS) is 18.9. The Morgan fingerprint density at radius 2 is 1.73 bits per heavy atom. The van der Waals surface area contributed by atoms with Crippen LogP contribution < -0.4 is 10.2 Å². The number of anilines is 1. The molecule has 1 amide bonds. The van der Waals surface area contributed by atoms with Crippen LogP contribution in [0.4, 0.5) is 5.82 Å². The van der Waals surface area contributed by atoms with Crippen LogP contribution >= 0.6 is 11.6 Å². The van der Waals surface area contributed by atoms with Crippen molar-refractivity contribution in [2.45, 2.75) is 37.5 Å². The Balaban J connectivity index is 1.26. The molecule has 2 heterocycles. The number of amides is 1. The molecule has 0 radical (unpaired) electrons. The van der Waals surface area contributed by atoms with Gasteiger partial charge in [0.25, 0.3) is 0 Å². The molecule has 1 saturated carbocycles. The van der Waals surface area contributed by atoms with Crippen LogP contribution in [-0.2, 0) is 20.2 Å². The van der Waals surface area contributed by atoms with E-state index in [0.717, 1.165) is 37.1 Å². The topological polar surface area (TPSA) is 82.6 Å². The van der Waals surface area contributed by atoms with E-state index < -0.39 is 15.4 Å². The molecule has 33 heavy (non-hydrogen) atoms. The zero-order chi connectivity index (χ0) is 23.3. The minimum Gasteiger partial charge on any atom is -0.355 e.